The molecule has 3 unspecified atom stereocenters. The minimum atomic E-state index is -0.436. The Morgan fingerprint density at radius 1 is 1.44 bits per heavy atom. The van der Waals surface area contributed by atoms with Crippen LogP contribution < -0.4 is 5.32 Å². The summed E-state index contributed by atoms with van der Waals surface area (Å²) in [7, 11) is 0. The Kier molecular flexibility index (Phi) is 2.86. The highest BCUT2D eigenvalue weighted by molar-refractivity contribution is 6.30. The number of nitrogens with zero attached hydrogens (tertiary/aromatic N) is 2. The van der Waals surface area contributed by atoms with Crippen LogP contribution in [0.5, 0.6) is 0 Å². The first-order valence-corrected chi connectivity index (χ1v) is 6.58. The number of pyridine rings is 1. The first-order chi connectivity index (χ1) is 8.63. The van der Waals surface area contributed by atoms with Crippen LogP contribution in [0.3, 0.4) is 0 Å². The van der Waals surface area contributed by atoms with E-state index < -0.39 is 4.92 Å². The Bertz CT molecular complexity index is 494. The van der Waals surface area contributed by atoms with Crippen molar-refractivity contribution in [2.24, 2.45) is 11.8 Å². The molecule has 1 aromatic heterocycles. The van der Waals surface area contributed by atoms with Crippen LogP contribution >= 0.6 is 11.6 Å². The molecule has 6 heteroatoms. The van der Waals surface area contributed by atoms with E-state index >= 15 is 0 Å². The highest BCUT2D eigenvalue weighted by atomic mass is 35.5. The van der Waals surface area contributed by atoms with Crippen LogP contribution in [0.15, 0.2) is 12.3 Å². The molecule has 3 rings (SSSR count). The molecule has 2 bridgehead atoms. The van der Waals surface area contributed by atoms with Gasteiger partial charge in [-0.1, -0.05) is 18.0 Å². The summed E-state index contributed by atoms with van der Waals surface area (Å²) in [5.41, 5.74) is -0.0368. The van der Waals surface area contributed by atoms with E-state index in [-0.39, 0.29) is 5.69 Å². The number of hydrogen-bond acceptors (Lipinski definition) is 4. The molecule has 0 spiro atoms. The van der Waals surface area contributed by atoms with Gasteiger partial charge in [0.05, 0.1) is 9.95 Å². The summed E-state index contributed by atoms with van der Waals surface area (Å²) in [6, 6.07) is 1.68. The molecular weight excluding hydrogens is 254 g/mol. The quantitative estimate of drug-likeness (QED) is 0.674. The van der Waals surface area contributed by atoms with Crippen molar-refractivity contribution >= 4 is 23.1 Å². The van der Waals surface area contributed by atoms with E-state index in [9.17, 15) is 10.1 Å². The molecule has 5 nitrogen and oxygen atoms in total. The Morgan fingerprint density at radius 3 is 2.89 bits per heavy atom. The third-order valence-electron chi connectivity index (χ3n) is 4.09. The fraction of sp³-hybridized carbons (Fsp3) is 0.583. The normalized spacial score (nSPS) is 29.5. The second-order valence-corrected chi connectivity index (χ2v) is 5.64. The van der Waals surface area contributed by atoms with E-state index in [0.29, 0.717) is 22.8 Å². The maximum absolute atomic E-state index is 11.0. The number of nitro groups is 1. The molecule has 1 aromatic rings. The maximum Gasteiger partial charge on any atom is 0.312 e. The lowest BCUT2D eigenvalue weighted by Crippen LogP contribution is -2.26. The van der Waals surface area contributed by atoms with Gasteiger partial charge in [-0.3, -0.25) is 10.1 Å². The van der Waals surface area contributed by atoms with Crippen molar-refractivity contribution < 1.29 is 4.92 Å². The third kappa shape index (κ3) is 2.03. The van der Waals surface area contributed by atoms with Crippen molar-refractivity contribution in [3.63, 3.8) is 0 Å². The summed E-state index contributed by atoms with van der Waals surface area (Å²) in [6.07, 6.45) is 6.33. The van der Waals surface area contributed by atoms with Crippen LogP contribution in [-0.4, -0.2) is 15.9 Å². The zero-order valence-corrected chi connectivity index (χ0v) is 10.6. The van der Waals surface area contributed by atoms with Crippen LogP contribution in [0, 0.1) is 22.0 Å². The van der Waals surface area contributed by atoms with E-state index in [4.69, 9.17) is 11.6 Å². The molecule has 2 aliphatic carbocycles. The van der Waals surface area contributed by atoms with Gasteiger partial charge in [0.15, 0.2) is 0 Å². The smallest absolute Gasteiger partial charge is 0.312 e. The zero-order valence-electron chi connectivity index (χ0n) is 9.80. The largest absolute Gasteiger partial charge is 0.361 e. The number of fused-ring (bicyclic) bond motifs is 2. The summed E-state index contributed by atoms with van der Waals surface area (Å²) >= 11 is 5.75. The molecule has 96 valence electrons. The van der Waals surface area contributed by atoms with E-state index in [1.165, 1.54) is 31.5 Å². The standard InChI is InChI=1S/C12H14ClN3O2/c13-9-5-11(16(17)18)12(14-6-9)15-10-4-7-1-2-8(10)3-7/h5-8,10H,1-4H2,(H,14,15). The predicted molar refractivity (Wildman–Crippen MR) is 68.8 cm³/mol. The summed E-state index contributed by atoms with van der Waals surface area (Å²) in [4.78, 5) is 14.6. The second-order valence-electron chi connectivity index (χ2n) is 5.20. The first kappa shape index (κ1) is 11.7. The van der Waals surface area contributed by atoms with Crippen LogP contribution in [-0.2, 0) is 0 Å². The lowest BCUT2D eigenvalue weighted by Gasteiger charge is -2.23. The van der Waals surface area contributed by atoms with Crippen LogP contribution in [0.4, 0.5) is 11.5 Å². The highest BCUT2D eigenvalue weighted by Gasteiger charge is 2.40. The van der Waals surface area contributed by atoms with Gasteiger partial charge in [-0.05, 0) is 31.1 Å². The molecule has 2 saturated carbocycles. The molecule has 3 atom stereocenters. The van der Waals surface area contributed by atoms with Gasteiger partial charge in [0.1, 0.15) is 0 Å². The van der Waals surface area contributed by atoms with Crippen molar-refractivity contribution in [1.82, 2.24) is 4.98 Å². The van der Waals surface area contributed by atoms with Crippen molar-refractivity contribution in [3.8, 4) is 0 Å². The van der Waals surface area contributed by atoms with E-state index in [1.807, 2.05) is 0 Å². The Balaban J connectivity index is 1.82. The molecule has 2 fully saturated rings. The molecule has 0 radical (unpaired) electrons. The molecule has 1 heterocycles. The minimum Gasteiger partial charge on any atom is -0.361 e. The van der Waals surface area contributed by atoms with Gasteiger partial charge in [-0.25, -0.2) is 4.98 Å². The van der Waals surface area contributed by atoms with Gasteiger partial charge in [0, 0.05) is 18.3 Å². The van der Waals surface area contributed by atoms with Crippen LogP contribution in [0.1, 0.15) is 25.7 Å². The fourth-order valence-electron chi connectivity index (χ4n) is 3.28. The molecular formula is C12H14ClN3O2. The van der Waals surface area contributed by atoms with E-state index in [1.54, 1.807) is 0 Å². The average Bonchev–Trinajstić information content (AvgIpc) is 2.93. The van der Waals surface area contributed by atoms with Gasteiger partial charge >= 0.3 is 5.69 Å². The molecule has 18 heavy (non-hydrogen) atoms. The molecule has 0 saturated heterocycles. The van der Waals surface area contributed by atoms with E-state index in [0.717, 1.165) is 12.3 Å². The first-order valence-electron chi connectivity index (χ1n) is 6.20. The Labute approximate surface area is 110 Å². The van der Waals surface area contributed by atoms with Crippen molar-refractivity contribution in [2.45, 2.75) is 31.7 Å². The van der Waals surface area contributed by atoms with E-state index in [2.05, 4.69) is 10.3 Å². The van der Waals surface area contributed by atoms with Crippen molar-refractivity contribution in [1.29, 1.82) is 0 Å². The minimum absolute atomic E-state index is 0.0368. The summed E-state index contributed by atoms with van der Waals surface area (Å²) < 4.78 is 0. The fourth-order valence-corrected chi connectivity index (χ4v) is 3.43. The second kappa shape index (κ2) is 4.39. The average molecular weight is 268 g/mol. The summed E-state index contributed by atoms with van der Waals surface area (Å²) in [6.45, 7) is 0. The molecule has 0 amide bonds. The number of anilines is 1. The number of hydrogen-bond donors (Lipinski definition) is 1. The van der Waals surface area contributed by atoms with Gasteiger partial charge in [0.2, 0.25) is 5.82 Å². The van der Waals surface area contributed by atoms with Crippen molar-refractivity contribution in [2.75, 3.05) is 5.32 Å². The van der Waals surface area contributed by atoms with Gasteiger partial charge in [-0.15, -0.1) is 0 Å². The molecule has 0 aliphatic heterocycles. The topological polar surface area (TPSA) is 68.1 Å². The Hall–Kier alpha value is -1.36. The van der Waals surface area contributed by atoms with Gasteiger partial charge in [-0.2, -0.15) is 0 Å². The predicted octanol–water partition coefficient (Wildman–Crippen LogP) is 3.24. The number of aromatic nitrogens is 1. The van der Waals surface area contributed by atoms with Crippen LogP contribution in [0.25, 0.3) is 0 Å². The monoisotopic (exact) mass is 267 g/mol. The highest BCUT2D eigenvalue weighted by Crippen LogP contribution is 2.45. The van der Waals surface area contributed by atoms with Gasteiger partial charge < -0.3 is 5.32 Å². The zero-order chi connectivity index (χ0) is 12.7. The lowest BCUT2D eigenvalue weighted by molar-refractivity contribution is -0.384. The summed E-state index contributed by atoms with van der Waals surface area (Å²) in [5, 5.41) is 14.5. The maximum atomic E-state index is 11.0. The van der Waals surface area contributed by atoms with Crippen molar-refractivity contribution in [3.05, 3.63) is 27.4 Å². The molecule has 1 N–H and O–H groups in total. The number of halogens is 1. The SMILES string of the molecule is O=[N+]([O-])c1cc(Cl)cnc1NC1CC2CCC1C2. The summed E-state index contributed by atoms with van der Waals surface area (Å²) in [5.74, 6) is 1.79. The van der Waals surface area contributed by atoms with Gasteiger partial charge in [0.25, 0.3) is 0 Å². The Morgan fingerprint density at radius 2 is 2.28 bits per heavy atom. The molecule has 2 aliphatic rings. The number of rotatable bonds is 3. The van der Waals surface area contributed by atoms with Crippen LogP contribution in [0.2, 0.25) is 5.02 Å². The third-order valence-corrected chi connectivity index (χ3v) is 4.30. The molecule has 0 aromatic carbocycles. The lowest BCUT2D eigenvalue weighted by atomic mass is 9.95. The number of nitrogens with one attached hydrogen (secondary N) is 1.